The molecule has 0 spiro atoms. The van der Waals surface area contributed by atoms with Crippen LogP contribution in [0.2, 0.25) is 0 Å². The average Bonchev–Trinajstić information content (AvgIpc) is 2.81. The maximum atomic E-state index is 14.9. The van der Waals surface area contributed by atoms with Crippen LogP contribution in [0.25, 0.3) is 0 Å². The Kier molecular flexibility index (Phi) is 9.59. The Bertz CT molecular complexity index is 1140. The number of hydrogen-bond acceptors (Lipinski definition) is 5. The van der Waals surface area contributed by atoms with Crippen LogP contribution in [0.3, 0.4) is 0 Å². The van der Waals surface area contributed by atoms with Crippen molar-refractivity contribution in [3.63, 3.8) is 0 Å². The molecule has 2 aromatic rings. The number of alkyl halides is 5. The van der Waals surface area contributed by atoms with E-state index in [0.29, 0.717) is 35.1 Å². The van der Waals surface area contributed by atoms with Crippen LogP contribution in [0, 0.1) is 19.7 Å². The topological polar surface area (TPSA) is 92.8 Å². The van der Waals surface area contributed by atoms with Crippen molar-refractivity contribution in [1.29, 1.82) is 0 Å². The van der Waals surface area contributed by atoms with Crippen LogP contribution in [0.4, 0.5) is 42.5 Å². The second-order valence-electron chi connectivity index (χ2n) is 7.89. The Morgan fingerprint density at radius 1 is 1.16 bits per heavy atom. The fraction of sp³-hybridized carbons (Fsp3) is 0.435. The van der Waals surface area contributed by atoms with Gasteiger partial charge in [0.1, 0.15) is 11.6 Å². The Labute approximate surface area is 208 Å². The summed E-state index contributed by atoms with van der Waals surface area (Å²) in [5.74, 6) is -2.75. The Morgan fingerprint density at radius 3 is 2.35 bits per heavy atom. The second kappa shape index (κ2) is 12.0. The second-order valence-corrected chi connectivity index (χ2v) is 7.89. The number of aryl methyl sites for hydroxylation is 1. The SMILES string of the molecule is CCN(CC(F)F)C(=O)Nc1cc(O[C@@H](C)C(F)(F)F)c(C(=O)Nc2c(C)cnc(OC)c2C)cc1F. The number of carbonyl (C=O) groups excluding carboxylic acids is 2. The molecular formula is C23H26F6N4O4. The molecule has 1 heterocycles. The number of ether oxygens (including phenoxy) is 2. The number of pyridine rings is 1. The summed E-state index contributed by atoms with van der Waals surface area (Å²) in [6.45, 7) is 4.16. The summed E-state index contributed by atoms with van der Waals surface area (Å²) < 4.78 is 90.0. The number of hydrogen-bond donors (Lipinski definition) is 2. The van der Waals surface area contributed by atoms with Crippen LogP contribution in [-0.4, -0.2) is 60.7 Å². The standard InChI is InChI=1S/C23H26F6N4O4/c1-6-33(10-18(25)26)22(35)31-16-8-17(37-13(4)23(27,28)29)14(7-15(16)24)20(34)32-19-11(2)9-30-21(36-5)12(19)3/h7-9,13,18H,6,10H2,1-5H3,(H,31,35)(H,30,32,34)/t13-/m0/s1. The number of urea groups is 1. The smallest absolute Gasteiger partial charge is 0.425 e. The molecule has 0 unspecified atom stereocenters. The van der Waals surface area contributed by atoms with Crippen molar-refractivity contribution < 1.29 is 45.4 Å². The molecule has 0 aliphatic heterocycles. The van der Waals surface area contributed by atoms with Gasteiger partial charge in [0.25, 0.3) is 12.3 Å². The molecule has 0 aliphatic carbocycles. The number of amides is 3. The number of methoxy groups -OCH3 is 1. The minimum atomic E-state index is -4.84. The molecule has 37 heavy (non-hydrogen) atoms. The fourth-order valence-electron chi connectivity index (χ4n) is 3.20. The van der Waals surface area contributed by atoms with Crippen molar-refractivity contribution in [2.75, 3.05) is 30.8 Å². The molecule has 0 saturated heterocycles. The molecule has 1 atom stereocenters. The first-order valence-corrected chi connectivity index (χ1v) is 10.9. The summed E-state index contributed by atoms with van der Waals surface area (Å²) in [6, 6.07) is 0.146. The molecule has 2 rings (SSSR count). The summed E-state index contributed by atoms with van der Waals surface area (Å²) in [6.07, 6.45) is -8.73. The van der Waals surface area contributed by atoms with Crippen LogP contribution >= 0.6 is 0 Å². The van der Waals surface area contributed by atoms with Crippen LogP contribution in [0.1, 0.15) is 35.3 Å². The maximum Gasteiger partial charge on any atom is 0.425 e. The van der Waals surface area contributed by atoms with Gasteiger partial charge in [0.15, 0.2) is 6.10 Å². The van der Waals surface area contributed by atoms with Gasteiger partial charge in [-0.1, -0.05) is 0 Å². The van der Waals surface area contributed by atoms with E-state index in [2.05, 4.69) is 10.3 Å². The van der Waals surface area contributed by atoms with Crippen LogP contribution in [-0.2, 0) is 0 Å². The molecule has 1 aromatic heterocycles. The zero-order valence-corrected chi connectivity index (χ0v) is 20.6. The van der Waals surface area contributed by atoms with Crippen molar-refractivity contribution >= 4 is 23.3 Å². The lowest BCUT2D eigenvalue weighted by Gasteiger charge is -2.23. The molecule has 8 nitrogen and oxygen atoms in total. The first kappa shape index (κ1) is 29.5. The number of nitrogens with one attached hydrogen (secondary N) is 2. The van der Waals surface area contributed by atoms with E-state index in [-0.39, 0.29) is 18.1 Å². The minimum Gasteiger partial charge on any atom is -0.481 e. The van der Waals surface area contributed by atoms with Crippen molar-refractivity contribution in [2.45, 2.75) is 46.4 Å². The van der Waals surface area contributed by atoms with Gasteiger partial charge < -0.3 is 25.0 Å². The van der Waals surface area contributed by atoms with Gasteiger partial charge in [-0.15, -0.1) is 0 Å². The zero-order chi connectivity index (χ0) is 28.1. The largest absolute Gasteiger partial charge is 0.481 e. The Hall–Kier alpha value is -3.71. The lowest BCUT2D eigenvalue weighted by molar-refractivity contribution is -0.189. The summed E-state index contributed by atoms with van der Waals surface area (Å²) >= 11 is 0. The normalized spacial score (nSPS) is 12.2. The number of rotatable bonds is 9. The third-order valence-electron chi connectivity index (χ3n) is 5.24. The molecule has 14 heteroatoms. The number of anilines is 2. The van der Waals surface area contributed by atoms with Gasteiger partial charge >= 0.3 is 12.2 Å². The molecular weight excluding hydrogens is 510 g/mol. The highest BCUT2D eigenvalue weighted by atomic mass is 19.4. The first-order valence-electron chi connectivity index (χ1n) is 10.9. The lowest BCUT2D eigenvalue weighted by Crippen LogP contribution is -2.38. The van der Waals surface area contributed by atoms with Crippen molar-refractivity contribution in [1.82, 2.24) is 9.88 Å². The van der Waals surface area contributed by atoms with E-state index in [0.717, 1.165) is 0 Å². The molecule has 0 saturated carbocycles. The summed E-state index contributed by atoms with van der Waals surface area (Å²) in [7, 11) is 1.35. The highest BCUT2D eigenvalue weighted by molar-refractivity contribution is 6.07. The van der Waals surface area contributed by atoms with Gasteiger partial charge in [0, 0.05) is 24.4 Å². The number of carbonyl (C=O) groups is 2. The molecule has 3 amide bonds. The minimum absolute atomic E-state index is 0.152. The average molecular weight is 536 g/mol. The Balaban J connectivity index is 2.50. The lowest BCUT2D eigenvalue weighted by atomic mass is 10.1. The van der Waals surface area contributed by atoms with Crippen molar-refractivity contribution in [3.05, 3.63) is 40.8 Å². The third kappa shape index (κ3) is 7.40. The molecule has 0 radical (unpaired) electrons. The van der Waals surface area contributed by atoms with Crippen molar-refractivity contribution in [2.24, 2.45) is 0 Å². The molecule has 204 valence electrons. The summed E-state index contributed by atoms with van der Waals surface area (Å²) in [5.41, 5.74) is -0.154. The fourth-order valence-corrected chi connectivity index (χ4v) is 3.20. The maximum absolute atomic E-state index is 14.9. The van der Waals surface area contributed by atoms with E-state index in [1.807, 2.05) is 5.32 Å². The van der Waals surface area contributed by atoms with Crippen LogP contribution in [0.15, 0.2) is 18.3 Å². The zero-order valence-electron chi connectivity index (χ0n) is 20.6. The number of aromatic nitrogens is 1. The molecule has 1 aromatic carbocycles. The molecule has 0 aliphatic rings. The van der Waals surface area contributed by atoms with E-state index in [9.17, 15) is 35.9 Å². The number of halogens is 6. The quantitative estimate of drug-likeness (QED) is 0.410. The van der Waals surface area contributed by atoms with Gasteiger partial charge in [0.05, 0.1) is 30.6 Å². The highest BCUT2D eigenvalue weighted by Crippen LogP contribution is 2.33. The van der Waals surface area contributed by atoms with Crippen molar-refractivity contribution in [3.8, 4) is 11.6 Å². The van der Waals surface area contributed by atoms with Gasteiger partial charge in [-0.2, -0.15) is 13.2 Å². The van der Waals surface area contributed by atoms with Crippen LogP contribution in [0.5, 0.6) is 11.6 Å². The number of benzene rings is 1. The third-order valence-corrected chi connectivity index (χ3v) is 5.24. The highest BCUT2D eigenvalue weighted by Gasteiger charge is 2.39. The predicted molar refractivity (Wildman–Crippen MR) is 123 cm³/mol. The molecule has 2 N–H and O–H groups in total. The van der Waals surface area contributed by atoms with E-state index in [4.69, 9.17) is 9.47 Å². The molecule has 0 fully saturated rings. The van der Waals surface area contributed by atoms with Gasteiger partial charge in [0.2, 0.25) is 5.88 Å². The predicted octanol–water partition coefficient (Wildman–Crippen LogP) is 5.55. The summed E-state index contributed by atoms with van der Waals surface area (Å²) in [4.78, 5) is 30.1. The van der Waals surface area contributed by atoms with E-state index < -0.39 is 60.0 Å². The van der Waals surface area contributed by atoms with E-state index in [1.165, 1.54) is 20.2 Å². The van der Waals surface area contributed by atoms with Gasteiger partial charge in [-0.05, 0) is 39.3 Å². The van der Waals surface area contributed by atoms with Crippen LogP contribution < -0.4 is 20.1 Å². The van der Waals surface area contributed by atoms with Gasteiger partial charge in [-0.3, -0.25) is 4.79 Å². The number of nitrogens with zero attached hydrogens (tertiary/aromatic N) is 2. The van der Waals surface area contributed by atoms with Gasteiger partial charge in [-0.25, -0.2) is 22.9 Å². The molecule has 0 bridgehead atoms. The van der Waals surface area contributed by atoms with E-state index in [1.54, 1.807) is 13.8 Å². The Morgan fingerprint density at radius 2 is 1.81 bits per heavy atom. The first-order chi connectivity index (χ1) is 17.2. The monoisotopic (exact) mass is 536 g/mol. The summed E-state index contributed by atoms with van der Waals surface area (Å²) in [5, 5.41) is 4.52. The van der Waals surface area contributed by atoms with E-state index >= 15 is 0 Å².